The molecule has 0 atom stereocenters. The number of rotatable bonds is 3. The second kappa shape index (κ2) is 7.57. The van der Waals surface area contributed by atoms with Crippen molar-refractivity contribution in [1.29, 1.82) is 0 Å². The van der Waals surface area contributed by atoms with Crippen molar-refractivity contribution in [1.82, 2.24) is 10.9 Å². The fourth-order valence-corrected chi connectivity index (χ4v) is 2.05. The number of anilines is 1. The topological polar surface area (TPSA) is 117 Å². The molecule has 24 heavy (non-hydrogen) atoms. The highest BCUT2D eigenvalue weighted by Crippen LogP contribution is 2.26. The molecule has 0 spiro atoms. The van der Waals surface area contributed by atoms with Crippen LogP contribution in [-0.4, -0.2) is 21.0 Å². The summed E-state index contributed by atoms with van der Waals surface area (Å²) in [4.78, 5) is 22.1. The lowest BCUT2D eigenvalue weighted by Crippen LogP contribution is -2.43. The minimum absolute atomic E-state index is 0.0406. The van der Waals surface area contributed by atoms with Crippen molar-refractivity contribution in [2.75, 3.05) is 5.32 Å². The van der Waals surface area contributed by atoms with E-state index in [0.717, 1.165) is 0 Å². The number of nitrogens with zero attached hydrogens (tertiary/aromatic N) is 1. The van der Waals surface area contributed by atoms with E-state index in [9.17, 15) is 20.0 Å². The number of nitro groups is 1. The van der Waals surface area contributed by atoms with E-state index in [1.54, 1.807) is 12.1 Å². The second-order valence-corrected chi connectivity index (χ2v) is 5.29. The molecule has 1 amide bonds. The van der Waals surface area contributed by atoms with E-state index in [0.29, 0.717) is 0 Å². The molecule has 10 heteroatoms. The van der Waals surface area contributed by atoms with Gasteiger partial charge in [0, 0.05) is 12.1 Å². The number of carbonyl (C=O) groups is 1. The number of hydrogen-bond donors (Lipinski definition) is 4. The fourth-order valence-electron chi connectivity index (χ4n) is 1.72. The van der Waals surface area contributed by atoms with Crippen LogP contribution in [0.1, 0.15) is 10.4 Å². The number of non-ortho nitro benzene ring substituents is 1. The standard InChI is InChI=1S/C14H11ClN4O4S/c15-10-6-5-8(19(22)23)7-11(10)16-14(24)18-17-13(21)9-3-1-2-4-12(9)20/h1-7,20H,(H,17,21)(H2,16,18,24). The van der Waals surface area contributed by atoms with Gasteiger partial charge in [0.1, 0.15) is 5.75 Å². The molecule has 4 N–H and O–H groups in total. The van der Waals surface area contributed by atoms with Crippen molar-refractivity contribution < 1.29 is 14.8 Å². The molecule has 2 aromatic rings. The van der Waals surface area contributed by atoms with Gasteiger partial charge in [-0.1, -0.05) is 23.7 Å². The van der Waals surface area contributed by atoms with Crippen molar-refractivity contribution in [3.63, 3.8) is 0 Å². The van der Waals surface area contributed by atoms with Gasteiger partial charge in [-0.05, 0) is 30.4 Å². The molecule has 8 nitrogen and oxygen atoms in total. The summed E-state index contributed by atoms with van der Waals surface area (Å²) in [5.41, 5.74) is 4.80. The molecular formula is C14H11ClN4O4S. The van der Waals surface area contributed by atoms with Crippen LogP contribution in [0.3, 0.4) is 0 Å². The average molecular weight is 367 g/mol. The lowest BCUT2D eigenvalue weighted by molar-refractivity contribution is -0.384. The molecule has 0 aliphatic heterocycles. The van der Waals surface area contributed by atoms with Crippen LogP contribution in [0.5, 0.6) is 5.75 Å². The zero-order chi connectivity index (χ0) is 17.7. The molecule has 0 saturated heterocycles. The highest BCUT2D eigenvalue weighted by atomic mass is 35.5. The van der Waals surface area contributed by atoms with Crippen molar-refractivity contribution in [3.8, 4) is 5.75 Å². The molecule has 0 bridgehead atoms. The van der Waals surface area contributed by atoms with E-state index in [2.05, 4.69) is 16.2 Å². The summed E-state index contributed by atoms with van der Waals surface area (Å²) in [5.74, 6) is -0.792. The number of para-hydroxylation sites is 1. The number of benzene rings is 2. The molecule has 0 unspecified atom stereocenters. The monoisotopic (exact) mass is 366 g/mol. The van der Waals surface area contributed by atoms with Crippen LogP contribution in [-0.2, 0) is 0 Å². The summed E-state index contributed by atoms with van der Waals surface area (Å²) in [6.07, 6.45) is 0. The van der Waals surface area contributed by atoms with Gasteiger partial charge in [-0.2, -0.15) is 0 Å². The van der Waals surface area contributed by atoms with Crippen molar-refractivity contribution in [3.05, 3.63) is 63.2 Å². The van der Waals surface area contributed by atoms with Crippen LogP contribution in [0.4, 0.5) is 11.4 Å². The van der Waals surface area contributed by atoms with E-state index in [1.807, 2.05) is 0 Å². The number of carbonyl (C=O) groups excluding carboxylic acids is 1. The Labute approximate surface area is 146 Å². The SMILES string of the molecule is O=C(NNC(=S)Nc1cc([N+](=O)[O-])ccc1Cl)c1ccccc1O. The number of aromatic hydroxyl groups is 1. The van der Waals surface area contributed by atoms with Gasteiger partial charge in [0.05, 0.1) is 21.2 Å². The first kappa shape index (κ1) is 17.4. The number of hydrogen-bond acceptors (Lipinski definition) is 5. The summed E-state index contributed by atoms with van der Waals surface area (Å²) in [6, 6.07) is 9.79. The lowest BCUT2D eigenvalue weighted by Gasteiger charge is -2.13. The molecule has 124 valence electrons. The van der Waals surface area contributed by atoms with Crippen LogP contribution in [0, 0.1) is 10.1 Å². The zero-order valence-electron chi connectivity index (χ0n) is 11.9. The lowest BCUT2D eigenvalue weighted by atomic mass is 10.2. The van der Waals surface area contributed by atoms with Crippen LogP contribution < -0.4 is 16.2 Å². The minimum atomic E-state index is -0.609. The molecule has 0 aliphatic carbocycles. The first-order valence-corrected chi connectivity index (χ1v) is 7.26. The average Bonchev–Trinajstić information content (AvgIpc) is 2.55. The molecule has 2 rings (SSSR count). The van der Waals surface area contributed by atoms with Crippen molar-refractivity contribution in [2.24, 2.45) is 0 Å². The number of phenols is 1. The van der Waals surface area contributed by atoms with Gasteiger partial charge in [0.2, 0.25) is 0 Å². The van der Waals surface area contributed by atoms with E-state index >= 15 is 0 Å². The molecule has 0 saturated carbocycles. The Hall–Kier alpha value is -2.91. The maximum Gasteiger partial charge on any atom is 0.273 e. The third kappa shape index (κ3) is 4.31. The summed E-state index contributed by atoms with van der Waals surface area (Å²) in [6.45, 7) is 0. The Morgan fingerprint density at radius 3 is 2.58 bits per heavy atom. The predicted molar refractivity (Wildman–Crippen MR) is 93.0 cm³/mol. The minimum Gasteiger partial charge on any atom is -0.507 e. The Kier molecular flexibility index (Phi) is 5.51. The van der Waals surface area contributed by atoms with E-state index in [-0.39, 0.29) is 32.8 Å². The van der Waals surface area contributed by atoms with Gasteiger partial charge >= 0.3 is 0 Å². The van der Waals surface area contributed by atoms with Gasteiger partial charge in [0.15, 0.2) is 5.11 Å². The zero-order valence-corrected chi connectivity index (χ0v) is 13.5. The van der Waals surface area contributed by atoms with Crippen LogP contribution in [0.2, 0.25) is 5.02 Å². The van der Waals surface area contributed by atoms with Crippen LogP contribution in [0.25, 0.3) is 0 Å². The predicted octanol–water partition coefficient (Wildman–Crippen LogP) is 2.59. The molecule has 2 aromatic carbocycles. The first-order valence-electron chi connectivity index (χ1n) is 6.47. The van der Waals surface area contributed by atoms with E-state index in [1.165, 1.54) is 30.3 Å². The molecule has 0 heterocycles. The van der Waals surface area contributed by atoms with Gasteiger partial charge in [0.25, 0.3) is 11.6 Å². The Morgan fingerprint density at radius 1 is 1.21 bits per heavy atom. The van der Waals surface area contributed by atoms with Crippen LogP contribution >= 0.6 is 23.8 Å². The largest absolute Gasteiger partial charge is 0.507 e. The molecule has 0 aliphatic rings. The third-order valence-electron chi connectivity index (χ3n) is 2.85. The maximum absolute atomic E-state index is 11.9. The number of amides is 1. The molecule has 0 radical (unpaired) electrons. The Morgan fingerprint density at radius 2 is 1.92 bits per heavy atom. The Balaban J connectivity index is 1.99. The second-order valence-electron chi connectivity index (χ2n) is 4.47. The summed E-state index contributed by atoms with van der Waals surface area (Å²) >= 11 is 10.9. The van der Waals surface area contributed by atoms with E-state index < -0.39 is 10.8 Å². The fraction of sp³-hybridized carbons (Fsp3) is 0. The molecule has 0 aromatic heterocycles. The maximum atomic E-state index is 11.9. The summed E-state index contributed by atoms with van der Waals surface area (Å²) in [7, 11) is 0. The molecular weight excluding hydrogens is 356 g/mol. The summed E-state index contributed by atoms with van der Waals surface area (Å²) < 4.78 is 0. The quantitative estimate of drug-likeness (QED) is 0.374. The normalized spacial score (nSPS) is 9.88. The summed E-state index contributed by atoms with van der Waals surface area (Å²) in [5, 5.41) is 23.2. The smallest absolute Gasteiger partial charge is 0.273 e. The van der Waals surface area contributed by atoms with Crippen molar-refractivity contribution in [2.45, 2.75) is 0 Å². The first-order chi connectivity index (χ1) is 11.4. The van der Waals surface area contributed by atoms with Gasteiger partial charge in [-0.25, -0.2) is 0 Å². The number of thiocarbonyl (C=S) groups is 1. The van der Waals surface area contributed by atoms with Gasteiger partial charge < -0.3 is 10.4 Å². The van der Waals surface area contributed by atoms with Gasteiger partial charge in [-0.15, -0.1) is 0 Å². The number of halogens is 1. The molecule has 0 fully saturated rings. The number of nitrogens with one attached hydrogen (secondary N) is 3. The number of hydrazine groups is 1. The van der Waals surface area contributed by atoms with Gasteiger partial charge in [-0.3, -0.25) is 25.8 Å². The highest BCUT2D eigenvalue weighted by molar-refractivity contribution is 7.80. The number of phenolic OH excluding ortho intramolecular Hbond substituents is 1. The Bertz CT molecular complexity index is 815. The third-order valence-corrected chi connectivity index (χ3v) is 3.38. The van der Waals surface area contributed by atoms with E-state index in [4.69, 9.17) is 23.8 Å². The van der Waals surface area contributed by atoms with Crippen molar-refractivity contribution >= 4 is 46.2 Å². The van der Waals surface area contributed by atoms with Crippen LogP contribution in [0.15, 0.2) is 42.5 Å². The number of nitro benzene ring substituents is 1. The highest BCUT2D eigenvalue weighted by Gasteiger charge is 2.12.